The van der Waals surface area contributed by atoms with Gasteiger partial charge in [-0.3, -0.25) is 10.1 Å². The van der Waals surface area contributed by atoms with Crippen LogP contribution in [0.5, 0.6) is 0 Å². The minimum Gasteiger partial charge on any atom is -0.303 e. The van der Waals surface area contributed by atoms with Gasteiger partial charge in [-0.2, -0.15) is 0 Å². The highest BCUT2D eigenvalue weighted by atomic mass is 16.6. The monoisotopic (exact) mass is 194 g/mol. The third-order valence-corrected chi connectivity index (χ3v) is 1.98. The Morgan fingerprint density at radius 1 is 1.36 bits per heavy atom. The highest BCUT2D eigenvalue weighted by molar-refractivity contribution is 5.17. The second-order valence-electron chi connectivity index (χ2n) is 3.47. The lowest BCUT2D eigenvalue weighted by atomic mass is 10.1. The van der Waals surface area contributed by atoms with Gasteiger partial charge < -0.3 is 4.90 Å². The summed E-state index contributed by atoms with van der Waals surface area (Å²) in [6, 6.07) is 8.44. The molecule has 0 radical (unpaired) electrons. The van der Waals surface area contributed by atoms with Crippen molar-refractivity contribution < 1.29 is 4.92 Å². The molecule has 0 saturated heterocycles. The van der Waals surface area contributed by atoms with E-state index in [9.17, 15) is 10.1 Å². The second-order valence-corrected chi connectivity index (χ2v) is 3.47. The zero-order chi connectivity index (χ0) is 10.6. The molecule has 1 aromatic rings. The van der Waals surface area contributed by atoms with Gasteiger partial charge >= 0.3 is 0 Å². The number of benzene rings is 1. The molecule has 0 aliphatic heterocycles. The molecule has 1 unspecified atom stereocenters. The maximum Gasteiger partial charge on any atom is 0.250 e. The first-order valence-corrected chi connectivity index (χ1v) is 4.44. The molecule has 4 heteroatoms. The van der Waals surface area contributed by atoms with Crippen LogP contribution in [-0.4, -0.2) is 30.5 Å². The van der Waals surface area contributed by atoms with Crippen LogP contribution in [0.3, 0.4) is 0 Å². The lowest BCUT2D eigenvalue weighted by Gasteiger charge is -2.14. The Labute approximate surface area is 83.3 Å². The molecule has 14 heavy (non-hydrogen) atoms. The molecule has 0 aliphatic rings. The zero-order valence-electron chi connectivity index (χ0n) is 8.38. The number of nitro groups is 1. The molecule has 0 saturated carbocycles. The van der Waals surface area contributed by atoms with Gasteiger partial charge in [-0.1, -0.05) is 30.3 Å². The van der Waals surface area contributed by atoms with Crippen molar-refractivity contribution in [3.63, 3.8) is 0 Å². The molecule has 76 valence electrons. The Morgan fingerprint density at radius 3 is 2.36 bits per heavy atom. The predicted molar refractivity (Wildman–Crippen MR) is 54.7 cm³/mol. The highest BCUT2D eigenvalue weighted by Crippen LogP contribution is 2.16. The van der Waals surface area contributed by atoms with E-state index in [1.54, 1.807) is 12.1 Å². The van der Waals surface area contributed by atoms with Gasteiger partial charge in [0.15, 0.2) is 0 Å². The van der Waals surface area contributed by atoms with Gasteiger partial charge in [0.2, 0.25) is 0 Å². The minimum atomic E-state index is -0.633. The predicted octanol–water partition coefficient (Wildman–Crippen LogP) is 1.57. The molecule has 1 aromatic carbocycles. The lowest BCUT2D eigenvalue weighted by Crippen LogP contribution is -2.25. The fourth-order valence-electron chi connectivity index (χ4n) is 1.31. The van der Waals surface area contributed by atoms with Crippen LogP contribution in [0.2, 0.25) is 0 Å². The largest absolute Gasteiger partial charge is 0.303 e. The van der Waals surface area contributed by atoms with E-state index in [1.165, 1.54) is 0 Å². The molecule has 0 spiro atoms. The standard InChI is InChI=1S/C10H14N2O2/c1-11(2)8-10(12(13)14)9-6-4-3-5-7-9/h3-7,10H,8H2,1-2H3. The first-order chi connectivity index (χ1) is 6.61. The third-order valence-electron chi connectivity index (χ3n) is 1.98. The average Bonchev–Trinajstić information content (AvgIpc) is 2.15. The minimum absolute atomic E-state index is 0.241. The summed E-state index contributed by atoms with van der Waals surface area (Å²) in [5.41, 5.74) is 0.756. The Hall–Kier alpha value is -1.42. The maximum absolute atomic E-state index is 10.8. The van der Waals surface area contributed by atoms with Crippen molar-refractivity contribution in [3.8, 4) is 0 Å². The Kier molecular flexibility index (Phi) is 3.59. The van der Waals surface area contributed by atoms with E-state index in [1.807, 2.05) is 37.2 Å². The molecule has 0 amide bonds. The number of rotatable bonds is 4. The number of hydrogen-bond donors (Lipinski definition) is 0. The van der Waals surface area contributed by atoms with Crippen molar-refractivity contribution >= 4 is 0 Å². The van der Waals surface area contributed by atoms with Crippen molar-refractivity contribution in [2.75, 3.05) is 20.6 Å². The Bertz CT molecular complexity index is 298. The molecule has 1 rings (SSSR count). The molecule has 0 aromatic heterocycles. The van der Waals surface area contributed by atoms with Gasteiger partial charge in [0.25, 0.3) is 6.04 Å². The fourth-order valence-corrected chi connectivity index (χ4v) is 1.31. The Balaban J connectivity index is 2.84. The van der Waals surface area contributed by atoms with Crippen molar-refractivity contribution in [2.24, 2.45) is 0 Å². The van der Waals surface area contributed by atoms with Crippen LogP contribution < -0.4 is 0 Å². The summed E-state index contributed by atoms with van der Waals surface area (Å²) < 4.78 is 0. The van der Waals surface area contributed by atoms with E-state index in [-0.39, 0.29) is 4.92 Å². The smallest absolute Gasteiger partial charge is 0.250 e. The number of likely N-dealkylation sites (N-methyl/N-ethyl adjacent to an activating group) is 1. The van der Waals surface area contributed by atoms with E-state index >= 15 is 0 Å². The topological polar surface area (TPSA) is 46.4 Å². The Morgan fingerprint density at radius 2 is 1.93 bits per heavy atom. The first kappa shape index (κ1) is 10.7. The quantitative estimate of drug-likeness (QED) is 0.540. The molecular formula is C10H14N2O2. The van der Waals surface area contributed by atoms with E-state index in [0.29, 0.717) is 6.54 Å². The summed E-state index contributed by atoms with van der Waals surface area (Å²) in [6.07, 6.45) is 0. The highest BCUT2D eigenvalue weighted by Gasteiger charge is 2.22. The van der Waals surface area contributed by atoms with Crippen LogP contribution in [0.1, 0.15) is 11.6 Å². The van der Waals surface area contributed by atoms with Gasteiger partial charge in [0, 0.05) is 10.5 Å². The van der Waals surface area contributed by atoms with Crippen molar-refractivity contribution in [1.29, 1.82) is 0 Å². The summed E-state index contributed by atoms with van der Waals surface area (Å²) in [5.74, 6) is 0. The molecule has 1 atom stereocenters. The van der Waals surface area contributed by atoms with E-state index in [0.717, 1.165) is 5.56 Å². The fraction of sp³-hybridized carbons (Fsp3) is 0.400. The van der Waals surface area contributed by atoms with Gasteiger partial charge in [-0.25, -0.2) is 0 Å². The summed E-state index contributed by atoms with van der Waals surface area (Å²) in [5, 5.41) is 10.8. The molecule has 0 N–H and O–H groups in total. The second kappa shape index (κ2) is 4.72. The van der Waals surface area contributed by atoms with Crippen molar-refractivity contribution in [2.45, 2.75) is 6.04 Å². The summed E-state index contributed by atoms with van der Waals surface area (Å²) in [6.45, 7) is 0.428. The lowest BCUT2D eigenvalue weighted by molar-refractivity contribution is -0.529. The van der Waals surface area contributed by atoms with E-state index < -0.39 is 6.04 Å². The molecular weight excluding hydrogens is 180 g/mol. The SMILES string of the molecule is CN(C)CC(c1ccccc1)[N+](=O)[O-]. The summed E-state index contributed by atoms with van der Waals surface area (Å²) >= 11 is 0. The molecule has 0 bridgehead atoms. The van der Waals surface area contributed by atoms with Gasteiger partial charge in [0.05, 0.1) is 6.54 Å². The van der Waals surface area contributed by atoms with Crippen LogP contribution in [-0.2, 0) is 0 Å². The van der Waals surface area contributed by atoms with Crippen LogP contribution in [0.15, 0.2) is 30.3 Å². The average molecular weight is 194 g/mol. The first-order valence-electron chi connectivity index (χ1n) is 4.44. The molecule has 0 aliphatic carbocycles. The van der Waals surface area contributed by atoms with Crippen molar-refractivity contribution in [1.82, 2.24) is 4.90 Å². The number of nitrogens with zero attached hydrogens (tertiary/aromatic N) is 2. The molecule has 0 heterocycles. The van der Waals surface area contributed by atoms with Crippen LogP contribution in [0.4, 0.5) is 0 Å². The number of hydrogen-bond acceptors (Lipinski definition) is 3. The zero-order valence-corrected chi connectivity index (χ0v) is 8.38. The van der Waals surface area contributed by atoms with Crippen LogP contribution >= 0.6 is 0 Å². The summed E-state index contributed by atoms with van der Waals surface area (Å²) in [4.78, 5) is 12.4. The summed E-state index contributed by atoms with van der Waals surface area (Å²) in [7, 11) is 3.67. The maximum atomic E-state index is 10.8. The van der Waals surface area contributed by atoms with Crippen LogP contribution in [0, 0.1) is 10.1 Å². The molecule has 0 fully saturated rings. The van der Waals surface area contributed by atoms with Gasteiger partial charge in [0.1, 0.15) is 0 Å². The van der Waals surface area contributed by atoms with E-state index in [4.69, 9.17) is 0 Å². The van der Waals surface area contributed by atoms with Gasteiger partial charge in [-0.15, -0.1) is 0 Å². The van der Waals surface area contributed by atoms with Crippen molar-refractivity contribution in [3.05, 3.63) is 46.0 Å². The third kappa shape index (κ3) is 2.81. The van der Waals surface area contributed by atoms with E-state index in [2.05, 4.69) is 0 Å². The van der Waals surface area contributed by atoms with Gasteiger partial charge in [-0.05, 0) is 14.1 Å². The normalized spacial score (nSPS) is 12.8. The molecule has 4 nitrogen and oxygen atoms in total. The van der Waals surface area contributed by atoms with Crippen LogP contribution in [0.25, 0.3) is 0 Å².